The van der Waals surface area contributed by atoms with Gasteiger partial charge in [0, 0.05) is 12.6 Å². The summed E-state index contributed by atoms with van der Waals surface area (Å²) in [6, 6.07) is 14.4. The number of methoxy groups -OCH3 is 1. The summed E-state index contributed by atoms with van der Waals surface area (Å²) in [5, 5.41) is 8.27. The summed E-state index contributed by atoms with van der Waals surface area (Å²) < 4.78 is 19.8. The standard InChI is InChI=1S/C21H18FN5O3/c1-30-19-16-7-2-3-8-17(16)20(29)27(26-19)12-15-10-18(28)25-21(24-15)23-11-13-5-4-6-14(22)9-13/h2-10H,11-12H2,1H3,(H2,23,24,25,28). The van der Waals surface area contributed by atoms with Crippen LogP contribution in [-0.2, 0) is 13.1 Å². The quantitative estimate of drug-likeness (QED) is 0.509. The third-order valence-corrected chi connectivity index (χ3v) is 4.48. The topological polar surface area (TPSA) is 102 Å². The van der Waals surface area contributed by atoms with Crippen molar-refractivity contribution in [2.75, 3.05) is 12.4 Å². The Hall–Kier alpha value is -4.01. The van der Waals surface area contributed by atoms with Crippen LogP contribution < -0.4 is 21.2 Å². The van der Waals surface area contributed by atoms with Crippen LogP contribution >= 0.6 is 0 Å². The van der Waals surface area contributed by atoms with Gasteiger partial charge in [0.15, 0.2) is 0 Å². The summed E-state index contributed by atoms with van der Waals surface area (Å²) >= 11 is 0. The first-order valence-corrected chi connectivity index (χ1v) is 9.16. The lowest BCUT2D eigenvalue weighted by Gasteiger charge is -2.11. The highest BCUT2D eigenvalue weighted by molar-refractivity contribution is 5.85. The maximum absolute atomic E-state index is 13.3. The first kappa shape index (κ1) is 19.3. The maximum Gasteiger partial charge on any atom is 0.275 e. The third-order valence-electron chi connectivity index (χ3n) is 4.48. The van der Waals surface area contributed by atoms with Crippen LogP contribution in [0.2, 0.25) is 0 Å². The van der Waals surface area contributed by atoms with Crippen LogP contribution in [0.3, 0.4) is 0 Å². The van der Waals surface area contributed by atoms with Gasteiger partial charge < -0.3 is 10.1 Å². The van der Waals surface area contributed by atoms with Gasteiger partial charge >= 0.3 is 0 Å². The van der Waals surface area contributed by atoms with E-state index < -0.39 is 0 Å². The van der Waals surface area contributed by atoms with E-state index >= 15 is 0 Å². The average molecular weight is 407 g/mol. The molecule has 0 fully saturated rings. The van der Waals surface area contributed by atoms with Crippen LogP contribution in [0.15, 0.2) is 64.2 Å². The molecular formula is C21H18FN5O3. The molecule has 0 spiro atoms. The normalized spacial score (nSPS) is 10.9. The van der Waals surface area contributed by atoms with Crippen LogP contribution in [-0.4, -0.2) is 26.9 Å². The smallest absolute Gasteiger partial charge is 0.275 e. The van der Waals surface area contributed by atoms with E-state index in [4.69, 9.17) is 4.74 Å². The zero-order valence-corrected chi connectivity index (χ0v) is 16.1. The van der Waals surface area contributed by atoms with Crippen molar-refractivity contribution in [3.63, 3.8) is 0 Å². The zero-order valence-electron chi connectivity index (χ0n) is 16.1. The maximum atomic E-state index is 13.3. The Morgan fingerprint density at radius 2 is 1.90 bits per heavy atom. The van der Waals surface area contributed by atoms with E-state index in [-0.39, 0.29) is 36.0 Å². The molecule has 0 aliphatic rings. The van der Waals surface area contributed by atoms with Gasteiger partial charge in [0.2, 0.25) is 11.8 Å². The van der Waals surface area contributed by atoms with Gasteiger partial charge in [-0.2, -0.15) is 0 Å². The minimum atomic E-state index is -0.387. The Labute approximate surface area is 170 Å². The number of rotatable bonds is 6. The second-order valence-electron chi connectivity index (χ2n) is 6.59. The number of aromatic amines is 1. The first-order chi connectivity index (χ1) is 14.5. The second-order valence-corrected chi connectivity index (χ2v) is 6.59. The molecule has 0 aliphatic heterocycles. The van der Waals surface area contributed by atoms with Crippen molar-refractivity contribution >= 4 is 16.7 Å². The van der Waals surface area contributed by atoms with Crippen LogP contribution in [0.25, 0.3) is 10.8 Å². The van der Waals surface area contributed by atoms with Gasteiger partial charge in [-0.3, -0.25) is 14.6 Å². The van der Waals surface area contributed by atoms with Crippen molar-refractivity contribution in [2.24, 2.45) is 0 Å². The highest BCUT2D eigenvalue weighted by Crippen LogP contribution is 2.19. The minimum Gasteiger partial charge on any atom is -0.480 e. The summed E-state index contributed by atoms with van der Waals surface area (Å²) in [6.07, 6.45) is 0. The molecule has 4 aromatic rings. The summed E-state index contributed by atoms with van der Waals surface area (Å²) in [4.78, 5) is 31.8. The molecule has 2 aromatic carbocycles. The number of nitrogens with one attached hydrogen (secondary N) is 2. The van der Waals surface area contributed by atoms with Crippen LogP contribution in [0, 0.1) is 5.82 Å². The van der Waals surface area contributed by atoms with Crippen molar-refractivity contribution in [1.82, 2.24) is 19.7 Å². The van der Waals surface area contributed by atoms with E-state index in [0.717, 1.165) is 0 Å². The molecule has 9 heteroatoms. The van der Waals surface area contributed by atoms with Gasteiger partial charge in [0.1, 0.15) is 5.82 Å². The molecule has 2 heterocycles. The largest absolute Gasteiger partial charge is 0.480 e. The molecule has 30 heavy (non-hydrogen) atoms. The number of aromatic nitrogens is 4. The number of nitrogens with zero attached hydrogens (tertiary/aromatic N) is 3. The van der Waals surface area contributed by atoms with E-state index in [0.29, 0.717) is 27.9 Å². The summed E-state index contributed by atoms with van der Waals surface area (Å²) in [5.41, 5.74) is 0.331. The lowest BCUT2D eigenvalue weighted by molar-refractivity contribution is 0.385. The first-order valence-electron chi connectivity index (χ1n) is 9.16. The molecule has 0 saturated carbocycles. The zero-order chi connectivity index (χ0) is 21.1. The average Bonchev–Trinajstić information content (AvgIpc) is 2.74. The van der Waals surface area contributed by atoms with Gasteiger partial charge in [-0.25, -0.2) is 14.1 Å². The molecule has 152 valence electrons. The second kappa shape index (κ2) is 8.16. The van der Waals surface area contributed by atoms with Crippen molar-refractivity contribution in [2.45, 2.75) is 13.1 Å². The van der Waals surface area contributed by atoms with Gasteiger partial charge in [-0.15, -0.1) is 5.10 Å². The fourth-order valence-corrected chi connectivity index (χ4v) is 3.12. The number of ether oxygens (including phenoxy) is 1. The molecule has 4 rings (SSSR count). The van der Waals surface area contributed by atoms with Gasteiger partial charge in [-0.1, -0.05) is 24.3 Å². The van der Waals surface area contributed by atoms with Gasteiger partial charge in [0.05, 0.1) is 30.1 Å². The fraction of sp³-hybridized carbons (Fsp3) is 0.143. The highest BCUT2D eigenvalue weighted by atomic mass is 19.1. The minimum absolute atomic E-state index is 0.0153. The van der Waals surface area contributed by atoms with E-state index in [1.54, 1.807) is 36.4 Å². The van der Waals surface area contributed by atoms with Crippen molar-refractivity contribution in [3.8, 4) is 5.88 Å². The van der Waals surface area contributed by atoms with E-state index in [1.165, 1.54) is 30.0 Å². The predicted molar refractivity (Wildman–Crippen MR) is 110 cm³/mol. The summed E-state index contributed by atoms with van der Waals surface area (Å²) in [5.74, 6) is 0.169. The van der Waals surface area contributed by atoms with Crippen LogP contribution in [0.5, 0.6) is 5.88 Å². The Morgan fingerprint density at radius 3 is 2.67 bits per heavy atom. The number of fused-ring (bicyclic) bond motifs is 1. The number of hydrogen-bond acceptors (Lipinski definition) is 6. The third kappa shape index (κ3) is 4.04. The van der Waals surface area contributed by atoms with Crippen molar-refractivity contribution in [3.05, 3.63) is 92.4 Å². The number of benzene rings is 2. The number of H-pyrrole nitrogens is 1. The SMILES string of the molecule is COc1nn(Cc2cc(=O)[nH]c(NCc3cccc(F)c3)n2)c(=O)c2ccccc12. The molecular weight excluding hydrogens is 389 g/mol. The molecule has 0 bridgehead atoms. The molecule has 2 aromatic heterocycles. The Morgan fingerprint density at radius 1 is 1.10 bits per heavy atom. The lowest BCUT2D eigenvalue weighted by Crippen LogP contribution is -2.26. The Bertz CT molecular complexity index is 1330. The number of halogens is 1. The molecule has 0 radical (unpaired) electrons. The molecule has 0 unspecified atom stereocenters. The van der Waals surface area contributed by atoms with Crippen LogP contribution in [0.4, 0.5) is 10.3 Å². The molecule has 8 nitrogen and oxygen atoms in total. The van der Waals surface area contributed by atoms with Gasteiger partial charge in [-0.05, 0) is 29.8 Å². The Kier molecular flexibility index (Phi) is 5.25. The van der Waals surface area contributed by atoms with Gasteiger partial charge in [0.25, 0.3) is 11.1 Å². The van der Waals surface area contributed by atoms with Crippen molar-refractivity contribution < 1.29 is 9.13 Å². The molecule has 0 saturated heterocycles. The molecule has 2 N–H and O–H groups in total. The lowest BCUT2D eigenvalue weighted by atomic mass is 10.2. The molecule has 0 atom stereocenters. The fourth-order valence-electron chi connectivity index (χ4n) is 3.12. The van der Waals surface area contributed by atoms with E-state index in [2.05, 4.69) is 20.4 Å². The van der Waals surface area contributed by atoms with E-state index in [9.17, 15) is 14.0 Å². The highest BCUT2D eigenvalue weighted by Gasteiger charge is 2.12. The van der Waals surface area contributed by atoms with E-state index in [1.807, 2.05) is 0 Å². The van der Waals surface area contributed by atoms with Crippen LogP contribution in [0.1, 0.15) is 11.3 Å². The molecule has 0 aliphatic carbocycles. The summed E-state index contributed by atoms with van der Waals surface area (Å²) in [7, 11) is 1.48. The number of anilines is 1. The predicted octanol–water partition coefficient (Wildman–Crippen LogP) is 2.29. The van der Waals surface area contributed by atoms with Crippen molar-refractivity contribution in [1.29, 1.82) is 0 Å². The number of hydrogen-bond donors (Lipinski definition) is 2. The Balaban J connectivity index is 1.63. The summed E-state index contributed by atoms with van der Waals surface area (Å²) in [6.45, 7) is 0.255. The molecule has 0 amide bonds. The monoisotopic (exact) mass is 407 g/mol.